The minimum absolute atomic E-state index is 0.191. The molecule has 0 atom stereocenters. The highest BCUT2D eigenvalue weighted by Crippen LogP contribution is 2.30. The first-order chi connectivity index (χ1) is 52.3. The molecule has 22 nitrogen and oxygen atoms in total. The van der Waals surface area contributed by atoms with E-state index in [4.69, 9.17) is 51.1 Å². The molecule has 0 aliphatic rings. The zero-order valence-corrected chi connectivity index (χ0v) is 64.0. The second-order valence-electron chi connectivity index (χ2n) is 25.1. The van der Waals surface area contributed by atoms with E-state index in [0.29, 0.717) is 57.7 Å². The molecule has 12 N–H and O–H groups in total. The van der Waals surface area contributed by atoms with Crippen LogP contribution in [0.1, 0.15) is 42.4 Å². The van der Waals surface area contributed by atoms with Crippen molar-refractivity contribution < 1.29 is 23.9 Å². The molecule has 4 heterocycles. The Labute approximate surface area is 649 Å². The number of ether oxygens (including phenoxy) is 1. The maximum Gasteiger partial charge on any atom is 0.319 e. The van der Waals surface area contributed by atoms with Gasteiger partial charge in [-0.05, 0) is 209 Å². The number of benzene rings is 8. The number of nitrogens with zero attached hydrogens (tertiary/aromatic N) is 5. The summed E-state index contributed by atoms with van der Waals surface area (Å²) in [5.74, 6) is 0.640. The lowest BCUT2D eigenvalue weighted by Gasteiger charge is -2.13. The molecule has 0 saturated carbocycles. The number of carbonyl (C=O) groups excluding carboxylic acids is 4. The quantitative estimate of drug-likeness (QED) is 0.0225. The average Bonchev–Trinajstić information content (AvgIpc) is 0.834. The molecule has 0 unspecified atom stereocenters. The first-order valence-electron chi connectivity index (χ1n) is 35.2. The molecule has 4 aromatic heterocycles. The molecule has 108 heavy (non-hydrogen) atoms. The first kappa shape index (κ1) is 80.5. The summed E-state index contributed by atoms with van der Waals surface area (Å²) < 4.78 is 5.30. The van der Waals surface area contributed by atoms with Gasteiger partial charge in [0.2, 0.25) is 0 Å². The summed E-state index contributed by atoms with van der Waals surface area (Å²) in [4.78, 5) is 67.2. The number of anilines is 9. The fourth-order valence-electron chi connectivity index (χ4n) is 10.9. The number of halogens is 4. The SMILES string of the molecule is CN(C)c1ccc(NC(=O)NCCCNc2ccnc3cc(Cl)ccc23)cc1.COc1cc(C)ccc1NC(=O)NCCCNc1ccnc2cc(Cl)ccc12.Cc1ccc(NC(=O)NCCCNc2ccnc3cc(Cl)ccc23)cc1.Cc1ccccc1NC(=O)NCCCNc1ccnc2cc(Cl)ccc12. The number of pyridine rings is 4. The zero-order valence-electron chi connectivity index (χ0n) is 61.0. The van der Waals surface area contributed by atoms with Crippen LogP contribution in [-0.4, -0.2) is 118 Å². The molecular weight excluding hydrogens is 1440 g/mol. The average molecular weight is 1530 g/mol. The Hall–Kier alpha value is -11.6. The lowest BCUT2D eigenvalue weighted by molar-refractivity contribution is 0.251. The number of aryl methyl sites for hydroxylation is 3. The van der Waals surface area contributed by atoms with Gasteiger partial charge in [-0.1, -0.05) is 88.4 Å². The molecule has 0 aliphatic heterocycles. The van der Waals surface area contributed by atoms with Crippen molar-refractivity contribution in [2.24, 2.45) is 0 Å². The molecule has 12 rings (SSSR count). The number of amides is 8. The van der Waals surface area contributed by atoms with Gasteiger partial charge in [0.1, 0.15) is 5.75 Å². The Morgan fingerprint density at radius 3 is 1.04 bits per heavy atom. The van der Waals surface area contributed by atoms with Crippen LogP contribution in [0, 0.1) is 20.8 Å². The predicted molar refractivity (Wildman–Crippen MR) is 448 cm³/mol. The van der Waals surface area contributed by atoms with E-state index in [1.807, 2.05) is 228 Å². The number of aromatic nitrogens is 4. The molecule has 0 saturated heterocycles. The van der Waals surface area contributed by atoms with Crippen molar-refractivity contribution in [3.05, 3.63) is 250 Å². The second-order valence-corrected chi connectivity index (χ2v) is 26.8. The van der Waals surface area contributed by atoms with Gasteiger partial charge in [-0.25, -0.2) is 19.2 Å². The third-order valence-corrected chi connectivity index (χ3v) is 17.5. The lowest BCUT2D eigenvalue weighted by Crippen LogP contribution is -2.30. The molecule has 0 radical (unpaired) electrons. The van der Waals surface area contributed by atoms with Gasteiger partial charge in [-0.15, -0.1) is 0 Å². The van der Waals surface area contributed by atoms with Gasteiger partial charge in [0, 0.05) is 178 Å². The Balaban J connectivity index is 0.000000166. The number of hydrogen-bond donors (Lipinski definition) is 12. The van der Waals surface area contributed by atoms with E-state index in [9.17, 15) is 19.2 Å². The smallest absolute Gasteiger partial charge is 0.319 e. The zero-order chi connectivity index (χ0) is 76.6. The van der Waals surface area contributed by atoms with Crippen molar-refractivity contribution in [1.29, 1.82) is 0 Å². The van der Waals surface area contributed by atoms with Crippen LogP contribution in [0.25, 0.3) is 43.6 Å². The van der Waals surface area contributed by atoms with Crippen molar-refractivity contribution in [3.8, 4) is 5.75 Å². The van der Waals surface area contributed by atoms with Crippen molar-refractivity contribution in [2.45, 2.75) is 46.5 Å². The van der Waals surface area contributed by atoms with Crippen molar-refractivity contribution in [3.63, 3.8) is 0 Å². The number of nitrogens with one attached hydrogen (secondary N) is 12. The third-order valence-electron chi connectivity index (χ3n) is 16.6. The molecule has 12 aromatic rings. The monoisotopic (exact) mass is 1530 g/mol. The summed E-state index contributed by atoms with van der Waals surface area (Å²) in [5.41, 5.74) is 14.8. The third kappa shape index (κ3) is 25.9. The van der Waals surface area contributed by atoms with Crippen LogP contribution in [0.3, 0.4) is 0 Å². The Morgan fingerprint density at radius 2 is 0.685 bits per heavy atom. The molecule has 8 amide bonds. The minimum atomic E-state index is -0.258. The molecule has 0 bridgehead atoms. The van der Waals surface area contributed by atoms with E-state index < -0.39 is 0 Å². The lowest BCUT2D eigenvalue weighted by atomic mass is 10.2. The van der Waals surface area contributed by atoms with Gasteiger partial charge in [-0.3, -0.25) is 19.9 Å². The first-order valence-corrected chi connectivity index (χ1v) is 36.7. The predicted octanol–water partition coefficient (Wildman–Crippen LogP) is 19.0. The molecule has 0 aliphatic carbocycles. The normalized spacial score (nSPS) is 10.5. The van der Waals surface area contributed by atoms with Crippen LogP contribution in [0.4, 0.5) is 70.4 Å². The van der Waals surface area contributed by atoms with E-state index in [0.717, 1.165) is 158 Å². The minimum Gasteiger partial charge on any atom is -0.495 e. The van der Waals surface area contributed by atoms with E-state index in [1.54, 1.807) is 31.9 Å². The number of carbonyl (C=O) groups is 4. The summed E-state index contributed by atoms with van der Waals surface area (Å²) in [7, 11) is 5.54. The number of rotatable bonds is 26. The van der Waals surface area contributed by atoms with Crippen LogP contribution < -0.4 is 73.4 Å². The second kappa shape index (κ2) is 42.0. The van der Waals surface area contributed by atoms with Crippen LogP contribution >= 0.6 is 46.4 Å². The van der Waals surface area contributed by atoms with Crippen molar-refractivity contribution in [1.82, 2.24) is 41.2 Å². The molecule has 560 valence electrons. The summed E-state index contributed by atoms with van der Waals surface area (Å²) in [6, 6.07) is 58.2. The molecule has 8 aromatic carbocycles. The number of urea groups is 4. The molecule has 0 fully saturated rings. The van der Waals surface area contributed by atoms with Crippen molar-refractivity contribution >= 4 is 165 Å². The number of hydrogen-bond acceptors (Lipinski definition) is 14. The van der Waals surface area contributed by atoms with Gasteiger partial charge in [0.15, 0.2) is 0 Å². The standard InChI is InChI=1S/C21H24ClN5O.C21H23ClN4O2.2C20H21ClN4O/c1-27(2)17-7-5-16(6-8-17)26-21(28)25-12-3-11-23-19-10-13-24-20-14-15(22)4-9-18(19)20;1-14-4-7-18(20(12-14)28-2)26-21(27)25-10-3-9-23-17-8-11-24-19-13-15(22)5-6-16(17)19;1-14-3-6-16(7-4-14)25-20(26)24-11-2-10-22-18-9-12-23-19-13-15(21)5-8-17(18)19;1-14-5-2-3-6-17(14)25-20(26)24-11-4-10-22-18-9-12-23-19-13-15(21)7-8-16(18)19/h4-10,13-14H,3,11-12H2,1-2H3,(H,23,24)(H2,25,26,28);4-8,11-13H,3,9-10H2,1-2H3,(H,23,24)(H2,25,26,27);3-9,12-13H,2,10-11H2,1H3,(H,22,23)(H2,24,25,26);2-3,5-9,12-13H,4,10-11H2,1H3,(H,22,23)(H2,24,25,26). The summed E-state index contributed by atoms with van der Waals surface area (Å²) >= 11 is 24.0. The van der Waals surface area contributed by atoms with Crippen LogP contribution in [0.15, 0.2) is 213 Å². The van der Waals surface area contributed by atoms with E-state index in [1.165, 1.54) is 0 Å². The fraction of sp³-hybridized carbons (Fsp3) is 0.220. The van der Waals surface area contributed by atoms with Gasteiger partial charge in [0.25, 0.3) is 0 Å². The van der Waals surface area contributed by atoms with Crippen LogP contribution in [0.2, 0.25) is 20.1 Å². The molecule has 0 spiro atoms. The fourth-order valence-corrected chi connectivity index (χ4v) is 11.6. The highest BCUT2D eigenvalue weighted by atomic mass is 35.5. The molecular formula is C82H89Cl4N17O5. The van der Waals surface area contributed by atoms with Gasteiger partial charge < -0.3 is 73.4 Å². The van der Waals surface area contributed by atoms with E-state index in [-0.39, 0.29) is 24.1 Å². The summed E-state index contributed by atoms with van der Waals surface area (Å²) in [6.07, 6.45) is 10.2. The largest absolute Gasteiger partial charge is 0.495 e. The number of methoxy groups -OCH3 is 1. The highest BCUT2D eigenvalue weighted by Gasteiger charge is 2.12. The maximum absolute atomic E-state index is 12.1. The number of fused-ring (bicyclic) bond motifs is 4. The topological polar surface area (TPSA) is 277 Å². The van der Waals surface area contributed by atoms with E-state index in [2.05, 4.69) is 83.7 Å². The van der Waals surface area contributed by atoms with Gasteiger partial charge in [-0.2, -0.15) is 0 Å². The molecule has 26 heteroatoms. The maximum atomic E-state index is 12.1. The van der Waals surface area contributed by atoms with Gasteiger partial charge >= 0.3 is 24.1 Å². The van der Waals surface area contributed by atoms with Crippen LogP contribution in [-0.2, 0) is 0 Å². The van der Waals surface area contributed by atoms with E-state index >= 15 is 0 Å². The number of para-hydroxylation sites is 1. The Morgan fingerprint density at radius 1 is 0.352 bits per heavy atom. The summed E-state index contributed by atoms with van der Waals surface area (Å²) in [5, 5.41) is 43.1. The highest BCUT2D eigenvalue weighted by molar-refractivity contribution is 6.32. The van der Waals surface area contributed by atoms with Crippen LogP contribution in [0.5, 0.6) is 5.75 Å². The Bertz CT molecular complexity index is 4960. The Kier molecular flexibility index (Phi) is 31.3. The van der Waals surface area contributed by atoms with Gasteiger partial charge in [0.05, 0.1) is 34.9 Å². The van der Waals surface area contributed by atoms with Crippen molar-refractivity contribution in [2.75, 3.05) is 121 Å². The summed E-state index contributed by atoms with van der Waals surface area (Å²) in [6.45, 7) is 11.2.